The van der Waals surface area contributed by atoms with Gasteiger partial charge >= 0.3 is 5.69 Å². The fraction of sp³-hybridized carbons (Fsp3) is 0.214. The van der Waals surface area contributed by atoms with Crippen molar-refractivity contribution in [3.8, 4) is 5.75 Å². The molecule has 0 saturated heterocycles. The van der Waals surface area contributed by atoms with Crippen LogP contribution in [0.2, 0.25) is 0 Å². The first kappa shape index (κ1) is 14.7. The maximum atomic E-state index is 12.7. The molecule has 21 heavy (non-hydrogen) atoms. The normalized spacial score (nSPS) is 10.2. The molecular weight excluding hydrogens is 277 g/mol. The topological polar surface area (TPSA) is 68.5 Å². The third-order valence-electron chi connectivity index (χ3n) is 2.83. The largest absolute Gasteiger partial charge is 0.492 e. The first-order valence-electron chi connectivity index (χ1n) is 6.27. The van der Waals surface area contributed by atoms with Crippen LogP contribution in [-0.2, 0) is 0 Å². The van der Waals surface area contributed by atoms with E-state index in [-0.39, 0.29) is 17.3 Å². The summed E-state index contributed by atoms with van der Waals surface area (Å²) in [6.07, 6.45) is 1.50. The van der Waals surface area contributed by atoms with E-state index in [4.69, 9.17) is 4.74 Å². The van der Waals surface area contributed by atoms with Crippen LogP contribution in [0.4, 0.5) is 15.9 Å². The lowest BCUT2D eigenvalue weighted by molar-refractivity contribution is -0.384. The lowest BCUT2D eigenvalue weighted by atomic mass is 10.3. The quantitative estimate of drug-likeness (QED) is 0.604. The molecule has 0 amide bonds. The molecule has 0 bridgehead atoms. The van der Waals surface area contributed by atoms with Gasteiger partial charge in [0.05, 0.1) is 11.5 Å². The van der Waals surface area contributed by atoms with Gasteiger partial charge in [0.1, 0.15) is 18.2 Å². The van der Waals surface area contributed by atoms with Crippen molar-refractivity contribution in [2.45, 2.75) is 0 Å². The van der Waals surface area contributed by atoms with Crippen molar-refractivity contribution >= 4 is 11.5 Å². The number of hydrogen-bond donors (Lipinski definition) is 0. The van der Waals surface area contributed by atoms with E-state index >= 15 is 0 Å². The number of likely N-dealkylation sites (N-methyl/N-ethyl adjacent to an activating group) is 1. The number of benzene rings is 1. The summed E-state index contributed by atoms with van der Waals surface area (Å²) in [5.41, 5.74) is -0.0539. The Hall–Kier alpha value is -2.70. The van der Waals surface area contributed by atoms with Gasteiger partial charge in [-0.15, -0.1) is 0 Å². The summed E-state index contributed by atoms with van der Waals surface area (Å²) < 4.78 is 18.2. The number of halogens is 1. The Balaban J connectivity index is 1.94. The summed E-state index contributed by atoms with van der Waals surface area (Å²) in [5, 5.41) is 10.9. The van der Waals surface area contributed by atoms with Crippen LogP contribution in [0.3, 0.4) is 0 Å². The number of nitrogens with zero attached hydrogens (tertiary/aromatic N) is 3. The number of ether oxygens (including phenoxy) is 1. The number of anilines is 1. The van der Waals surface area contributed by atoms with Crippen molar-refractivity contribution in [3.05, 3.63) is 58.5 Å². The van der Waals surface area contributed by atoms with Crippen molar-refractivity contribution < 1.29 is 14.1 Å². The van der Waals surface area contributed by atoms with Gasteiger partial charge in [0.15, 0.2) is 0 Å². The van der Waals surface area contributed by atoms with Crippen molar-refractivity contribution in [2.75, 3.05) is 25.1 Å². The molecular formula is C14H14FN3O3. The Bertz CT molecular complexity index is 619. The van der Waals surface area contributed by atoms with Gasteiger partial charge in [0.2, 0.25) is 5.82 Å². The fourth-order valence-corrected chi connectivity index (χ4v) is 1.76. The molecule has 0 unspecified atom stereocenters. The summed E-state index contributed by atoms with van der Waals surface area (Å²) >= 11 is 0. The summed E-state index contributed by atoms with van der Waals surface area (Å²) in [4.78, 5) is 16.1. The molecule has 1 aromatic carbocycles. The van der Waals surface area contributed by atoms with E-state index in [1.54, 1.807) is 11.9 Å². The molecule has 0 fully saturated rings. The first-order chi connectivity index (χ1) is 10.1. The van der Waals surface area contributed by atoms with E-state index in [2.05, 4.69) is 4.98 Å². The number of nitro groups is 1. The van der Waals surface area contributed by atoms with Gasteiger partial charge in [-0.1, -0.05) is 0 Å². The van der Waals surface area contributed by atoms with Crippen LogP contribution in [0, 0.1) is 15.9 Å². The van der Waals surface area contributed by atoms with Gasteiger partial charge in [-0.25, -0.2) is 9.37 Å². The van der Waals surface area contributed by atoms with Crippen molar-refractivity contribution in [2.24, 2.45) is 0 Å². The Morgan fingerprint density at radius 2 is 2.05 bits per heavy atom. The van der Waals surface area contributed by atoms with Crippen LogP contribution in [0.5, 0.6) is 5.75 Å². The minimum atomic E-state index is -0.473. The lowest BCUT2D eigenvalue weighted by Gasteiger charge is -2.18. The van der Waals surface area contributed by atoms with E-state index in [0.717, 1.165) is 0 Å². The van der Waals surface area contributed by atoms with Gasteiger partial charge in [0, 0.05) is 19.3 Å². The van der Waals surface area contributed by atoms with E-state index in [9.17, 15) is 14.5 Å². The third-order valence-corrected chi connectivity index (χ3v) is 2.83. The monoisotopic (exact) mass is 291 g/mol. The van der Waals surface area contributed by atoms with Crippen LogP contribution in [0.1, 0.15) is 0 Å². The standard InChI is InChI=1S/C14H14FN3O3/c1-17(14-13(18(19)20)3-2-8-16-14)9-10-21-12-6-4-11(15)5-7-12/h2-8H,9-10H2,1H3. The fourth-order valence-electron chi connectivity index (χ4n) is 1.76. The van der Waals surface area contributed by atoms with E-state index in [1.807, 2.05) is 0 Å². The second kappa shape index (κ2) is 6.65. The second-order valence-electron chi connectivity index (χ2n) is 4.33. The number of rotatable bonds is 6. The highest BCUT2D eigenvalue weighted by Gasteiger charge is 2.17. The van der Waals surface area contributed by atoms with Crippen molar-refractivity contribution in [1.82, 2.24) is 4.98 Å². The molecule has 1 aromatic heterocycles. The molecule has 7 heteroatoms. The van der Waals surface area contributed by atoms with Crippen LogP contribution in [0.15, 0.2) is 42.6 Å². The molecule has 0 spiro atoms. The Kier molecular flexibility index (Phi) is 4.65. The van der Waals surface area contributed by atoms with E-state index < -0.39 is 4.92 Å². The van der Waals surface area contributed by atoms with Gasteiger partial charge in [-0.3, -0.25) is 10.1 Å². The predicted molar refractivity (Wildman–Crippen MR) is 76.1 cm³/mol. The molecule has 2 rings (SSSR count). The molecule has 1 heterocycles. The Labute approximate surface area is 120 Å². The Morgan fingerprint density at radius 3 is 2.71 bits per heavy atom. The van der Waals surface area contributed by atoms with Crippen LogP contribution >= 0.6 is 0 Å². The molecule has 0 aliphatic rings. The molecule has 0 aliphatic carbocycles. The van der Waals surface area contributed by atoms with Gasteiger partial charge in [-0.05, 0) is 30.3 Å². The smallest absolute Gasteiger partial charge is 0.311 e. The SMILES string of the molecule is CN(CCOc1ccc(F)cc1)c1ncccc1[N+](=O)[O-]. The van der Waals surface area contributed by atoms with Crippen molar-refractivity contribution in [1.29, 1.82) is 0 Å². The molecule has 6 nitrogen and oxygen atoms in total. The highest BCUT2D eigenvalue weighted by Crippen LogP contribution is 2.23. The summed E-state index contributed by atoms with van der Waals surface area (Å²) in [6.45, 7) is 0.713. The molecule has 0 saturated carbocycles. The highest BCUT2D eigenvalue weighted by atomic mass is 19.1. The van der Waals surface area contributed by atoms with Gasteiger partial charge in [-0.2, -0.15) is 0 Å². The average molecular weight is 291 g/mol. The second-order valence-corrected chi connectivity index (χ2v) is 4.33. The van der Waals surface area contributed by atoms with Crippen LogP contribution in [-0.4, -0.2) is 30.1 Å². The van der Waals surface area contributed by atoms with Crippen LogP contribution < -0.4 is 9.64 Å². The maximum Gasteiger partial charge on any atom is 0.311 e. The number of aromatic nitrogens is 1. The molecule has 0 atom stereocenters. The molecule has 0 aliphatic heterocycles. The molecule has 0 N–H and O–H groups in total. The maximum absolute atomic E-state index is 12.7. The summed E-state index contributed by atoms with van der Waals surface area (Å²) in [6, 6.07) is 8.59. The molecule has 0 radical (unpaired) electrons. The van der Waals surface area contributed by atoms with Gasteiger partial charge < -0.3 is 9.64 Å². The van der Waals surface area contributed by atoms with Crippen LogP contribution in [0.25, 0.3) is 0 Å². The predicted octanol–water partition coefficient (Wildman–Crippen LogP) is 2.64. The van der Waals surface area contributed by atoms with Crippen molar-refractivity contribution in [3.63, 3.8) is 0 Å². The molecule has 2 aromatic rings. The third kappa shape index (κ3) is 3.88. The minimum absolute atomic E-state index is 0.0539. The summed E-state index contributed by atoms with van der Waals surface area (Å²) in [5.74, 6) is 0.495. The zero-order valence-corrected chi connectivity index (χ0v) is 11.4. The lowest BCUT2D eigenvalue weighted by Crippen LogP contribution is -2.25. The zero-order chi connectivity index (χ0) is 15.2. The average Bonchev–Trinajstić information content (AvgIpc) is 2.49. The molecule has 110 valence electrons. The highest BCUT2D eigenvalue weighted by molar-refractivity contribution is 5.56. The van der Waals surface area contributed by atoms with E-state index in [1.165, 1.54) is 42.6 Å². The zero-order valence-electron chi connectivity index (χ0n) is 11.4. The van der Waals surface area contributed by atoms with Gasteiger partial charge in [0.25, 0.3) is 0 Å². The summed E-state index contributed by atoms with van der Waals surface area (Å²) in [7, 11) is 1.70. The first-order valence-corrected chi connectivity index (χ1v) is 6.27. The van der Waals surface area contributed by atoms with E-state index in [0.29, 0.717) is 18.9 Å². The number of pyridine rings is 1. The minimum Gasteiger partial charge on any atom is -0.492 e. The number of hydrogen-bond acceptors (Lipinski definition) is 5. The Morgan fingerprint density at radius 1 is 1.33 bits per heavy atom.